The topological polar surface area (TPSA) is 35.0 Å². The van der Waals surface area contributed by atoms with Crippen molar-refractivity contribution in [2.45, 2.75) is 66.2 Å². The van der Waals surface area contributed by atoms with Crippen LogP contribution in [0.3, 0.4) is 0 Å². The standard InChI is InChI=1S/C18H30N2O/c1-6-14(4)18(5)9-7-8-15(18)12-21-16-10-19-17(13(2)3)20-11-16/h10-11,13-15H,6-9,12H2,1-5H3/t14?,15-,18+/m1/s1. The molecule has 1 aromatic heterocycles. The van der Waals surface area contributed by atoms with E-state index in [-0.39, 0.29) is 0 Å². The van der Waals surface area contributed by atoms with Crippen LogP contribution < -0.4 is 4.74 Å². The van der Waals surface area contributed by atoms with Crippen LogP contribution in [0.25, 0.3) is 0 Å². The van der Waals surface area contributed by atoms with Crippen molar-refractivity contribution in [1.82, 2.24) is 9.97 Å². The maximum atomic E-state index is 5.99. The average molecular weight is 290 g/mol. The molecule has 2 rings (SSSR count). The summed E-state index contributed by atoms with van der Waals surface area (Å²) in [5, 5.41) is 0. The van der Waals surface area contributed by atoms with Crippen LogP contribution in [0.4, 0.5) is 0 Å². The number of hydrogen-bond acceptors (Lipinski definition) is 3. The molecule has 1 fully saturated rings. The Bertz CT molecular complexity index is 443. The minimum absolute atomic E-state index is 0.363. The van der Waals surface area contributed by atoms with E-state index < -0.39 is 0 Å². The van der Waals surface area contributed by atoms with Gasteiger partial charge < -0.3 is 4.74 Å². The van der Waals surface area contributed by atoms with Crippen molar-refractivity contribution in [3.63, 3.8) is 0 Å². The molecule has 3 heteroatoms. The molecule has 1 saturated carbocycles. The number of aromatic nitrogens is 2. The summed E-state index contributed by atoms with van der Waals surface area (Å²) in [6.07, 6.45) is 8.83. The van der Waals surface area contributed by atoms with E-state index in [0.717, 1.165) is 24.1 Å². The molecule has 1 aliphatic rings. The third kappa shape index (κ3) is 3.56. The molecule has 1 aliphatic carbocycles. The van der Waals surface area contributed by atoms with Gasteiger partial charge in [0.15, 0.2) is 5.75 Å². The first-order chi connectivity index (χ1) is 9.97. The van der Waals surface area contributed by atoms with E-state index >= 15 is 0 Å². The lowest BCUT2D eigenvalue weighted by Gasteiger charge is -2.37. The predicted octanol–water partition coefficient (Wildman–Crippen LogP) is 4.83. The molecule has 21 heavy (non-hydrogen) atoms. The molecule has 3 atom stereocenters. The van der Waals surface area contributed by atoms with E-state index in [2.05, 4.69) is 44.6 Å². The Morgan fingerprint density at radius 2 is 1.95 bits per heavy atom. The van der Waals surface area contributed by atoms with Crippen molar-refractivity contribution in [3.05, 3.63) is 18.2 Å². The Labute approximate surface area is 129 Å². The molecule has 0 aromatic carbocycles. The number of ether oxygens (including phenoxy) is 1. The van der Waals surface area contributed by atoms with Crippen LogP contribution in [0.15, 0.2) is 12.4 Å². The zero-order chi connectivity index (χ0) is 15.5. The molecule has 3 nitrogen and oxygen atoms in total. The van der Waals surface area contributed by atoms with Gasteiger partial charge in [0.25, 0.3) is 0 Å². The summed E-state index contributed by atoms with van der Waals surface area (Å²) < 4.78 is 5.99. The highest BCUT2D eigenvalue weighted by Crippen LogP contribution is 2.49. The van der Waals surface area contributed by atoms with Gasteiger partial charge in [0.1, 0.15) is 5.82 Å². The summed E-state index contributed by atoms with van der Waals surface area (Å²) in [4.78, 5) is 8.75. The first-order valence-corrected chi connectivity index (χ1v) is 8.42. The number of hydrogen-bond donors (Lipinski definition) is 0. The zero-order valence-electron chi connectivity index (χ0n) is 14.2. The Kier molecular flexibility index (Phi) is 5.23. The van der Waals surface area contributed by atoms with Gasteiger partial charge in [0.05, 0.1) is 19.0 Å². The van der Waals surface area contributed by atoms with E-state index in [1.807, 2.05) is 12.4 Å². The predicted molar refractivity (Wildman–Crippen MR) is 86.5 cm³/mol. The van der Waals surface area contributed by atoms with Gasteiger partial charge in [-0.25, -0.2) is 9.97 Å². The Balaban J connectivity index is 1.95. The number of rotatable bonds is 6. The third-order valence-corrected chi connectivity index (χ3v) is 5.55. The first kappa shape index (κ1) is 16.3. The summed E-state index contributed by atoms with van der Waals surface area (Å²) in [6, 6.07) is 0. The van der Waals surface area contributed by atoms with E-state index in [1.54, 1.807) is 0 Å². The van der Waals surface area contributed by atoms with Crippen molar-refractivity contribution >= 4 is 0 Å². The molecule has 1 heterocycles. The van der Waals surface area contributed by atoms with Crippen molar-refractivity contribution in [2.24, 2.45) is 17.3 Å². The lowest BCUT2D eigenvalue weighted by molar-refractivity contribution is 0.0873. The van der Waals surface area contributed by atoms with Gasteiger partial charge in [0, 0.05) is 5.92 Å². The molecule has 0 amide bonds. The van der Waals surface area contributed by atoms with Crippen molar-refractivity contribution in [1.29, 1.82) is 0 Å². The van der Waals surface area contributed by atoms with Crippen LogP contribution in [-0.2, 0) is 0 Å². The summed E-state index contributed by atoms with van der Waals surface area (Å²) in [5.41, 5.74) is 0.424. The normalized spacial score (nSPS) is 27.0. The van der Waals surface area contributed by atoms with Gasteiger partial charge in [-0.1, -0.05) is 47.5 Å². The minimum Gasteiger partial charge on any atom is -0.490 e. The van der Waals surface area contributed by atoms with Gasteiger partial charge in [-0.2, -0.15) is 0 Å². The molecule has 0 N–H and O–H groups in total. The summed E-state index contributed by atoms with van der Waals surface area (Å²) in [7, 11) is 0. The van der Waals surface area contributed by atoms with Crippen molar-refractivity contribution < 1.29 is 4.74 Å². The maximum Gasteiger partial charge on any atom is 0.155 e. The fourth-order valence-electron chi connectivity index (χ4n) is 3.55. The number of nitrogens with zero attached hydrogens (tertiary/aromatic N) is 2. The summed E-state index contributed by atoms with van der Waals surface area (Å²) >= 11 is 0. The largest absolute Gasteiger partial charge is 0.490 e. The highest BCUT2D eigenvalue weighted by atomic mass is 16.5. The van der Waals surface area contributed by atoms with Gasteiger partial charge in [-0.15, -0.1) is 0 Å². The maximum absolute atomic E-state index is 5.99. The summed E-state index contributed by atoms with van der Waals surface area (Å²) in [6.45, 7) is 12.1. The van der Waals surface area contributed by atoms with Gasteiger partial charge >= 0.3 is 0 Å². The second-order valence-electron chi connectivity index (χ2n) is 7.15. The molecule has 1 unspecified atom stereocenters. The van der Waals surface area contributed by atoms with Crippen LogP contribution in [0, 0.1) is 17.3 Å². The quantitative estimate of drug-likeness (QED) is 0.752. The van der Waals surface area contributed by atoms with Crippen molar-refractivity contribution in [3.8, 4) is 5.75 Å². The summed E-state index contributed by atoms with van der Waals surface area (Å²) in [5.74, 6) is 3.46. The first-order valence-electron chi connectivity index (χ1n) is 8.42. The van der Waals surface area contributed by atoms with E-state index in [4.69, 9.17) is 4.74 Å². The molecule has 1 aromatic rings. The minimum atomic E-state index is 0.363. The van der Waals surface area contributed by atoms with Crippen LogP contribution in [0.5, 0.6) is 5.75 Å². The van der Waals surface area contributed by atoms with Crippen LogP contribution in [0.2, 0.25) is 0 Å². The molecule has 0 spiro atoms. The second-order valence-corrected chi connectivity index (χ2v) is 7.15. The molecule has 0 aliphatic heterocycles. The van der Waals surface area contributed by atoms with Crippen LogP contribution >= 0.6 is 0 Å². The van der Waals surface area contributed by atoms with Gasteiger partial charge in [-0.3, -0.25) is 0 Å². The highest BCUT2D eigenvalue weighted by Gasteiger charge is 2.42. The van der Waals surface area contributed by atoms with Crippen LogP contribution in [-0.4, -0.2) is 16.6 Å². The smallest absolute Gasteiger partial charge is 0.155 e. The van der Waals surface area contributed by atoms with E-state index in [1.165, 1.54) is 25.7 Å². The van der Waals surface area contributed by atoms with Gasteiger partial charge in [-0.05, 0) is 30.1 Å². The fourth-order valence-corrected chi connectivity index (χ4v) is 3.55. The SMILES string of the molecule is CCC(C)[C@]1(C)CCC[C@@H]1COc1cnc(C(C)C)nc1. The molecular weight excluding hydrogens is 260 g/mol. The van der Waals surface area contributed by atoms with Gasteiger partial charge in [0.2, 0.25) is 0 Å². The highest BCUT2D eigenvalue weighted by molar-refractivity contribution is 5.13. The molecular formula is C18H30N2O. The van der Waals surface area contributed by atoms with E-state index in [0.29, 0.717) is 17.3 Å². The molecule has 0 bridgehead atoms. The zero-order valence-corrected chi connectivity index (χ0v) is 14.2. The fraction of sp³-hybridized carbons (Fsp3) is 0.778. The lowest BCUT2D eigenvalue weighted by Crippen LogP contribution is -2.32. The molecule has 0 saturated heterocycles. The second kappa shape index (κ2) is 6.76. The third-order valence-electron chi connectivity index (χ3n) is 5.55. The Morgan fingerprint density at radius 1 is 1.29 bits per heavy atom. The molecule has 118 valence electrons. The average Bonchev–Trinajstić information content (AvgIpc) is 2.87. The van der Waals surface area contributed by atoms with Crippen LogP contribution in [0.1, 0.15) is 72.0 Å². The molecule has 0 radical (unpaired) electrons. The van der Waals surface area contributed by atoms with E-state index in [9.17, 15) is 0 Å². The lowest BCUT2D eigenvalue weighted by atomic mass is 9.69. The van der Waals surface area contributed by atoms with Crippen molar-refractivity contribution in [2.75, 3.05) is 6.61 Å². The Hall–Kier alpha value is -1.12. The monoisotopic (exact) mass is 290 g/mol. The Morgan fingerprint density at radius 3 is 2.52 bits per heavy atom.